The van der Waals surface area contributed by atoms with E-state index in [9.17, 15) is 9.59 Å². The Morgan fingerprint density at radius 3 is 2.79 bits per heavy atom. The number of halogens is 1. The lowest BCUT2D eigenvalue weighted by atomic mass is 10.1. The average Bonchev–Trinajstić information content (AvgIpc) is 3.29. The van der Waals surface area contributed by atoms with Gasteiger partial charge < -0.3 is 10.6 Å². The SMILES string of the molecule is CC(C)c1[nH]nc(C(=O)NCc2cccc(NC(=O)Cn3cccn3)c2)c1Br. The van der Waals surface area contributed by atoms with E-state index in [1.165, 1.54) is 0 Å². The minimum atomic E-state index is -0.275. The molecule has 0 bridgehead atoms. The number of H-pyrrole nitrogens is 1. The highest BCUT2D eigenvalue weighted by molar-refractivity contribution is 9.10. The molecule has 3 N–H and O–H groups in total. The summed E-state index contributed by atoms with van der Waals surface area (Å²) >= 11 is 3.43. The van der Waals surface area contributed by atoms with Crippen LogP contribution in [0.25, 0.3) is 0 Å². The molecule has 3 aromatic rings. The fourth-order valence-electron chi connectivity index (χ4n) is 2.64. The highest BCUT2D eigenvalue weighted by Crippen LogP contribution is 2.25. The van der Waals surface area contributed by atoms with Crippen molar-refractivity contribution in [2.45, 2.75) is 32.9 Å². The lowest BCUT2D eigenvalue weighted by molar-refractivity contribution is -0.116. The van der Waals surface area contributed by atoms with E-state index in [1.54, 1.807) is 29.2 Å². The Bertz CT molecular complexity index is 965. The number of rotatable bonds is 7. The second kappa shape index (κ2) is 8.83. The van der Waals surface area contributed by atoms with Gasteiger partial charge in [-0.25, -0.2) is 0 Å². The van der Waals surface area contributed by atoms with Crippen molar-refractivity contribution in [3.63, 3.8) is 0 Å². The minimum Gasteiger partial charge on any atom is -0.347 e. The quantitative estimate of drug-likeness (QED) is 0.520. The molecule has 0 radical (unpaired) electrons. The van der Waals surface area contributed by atoms with E-state index in [-0.39, 0.29) is 24.3 Å². The van der Waals surface area contributed by atoms with Gasteiger partial charge in [-0.15, -0.1) is 0 Å². The molecule has 0 unspecified atom stereocenters. The molecule has 8 nitrogen and oxygen atoms in total. The molecule has 0 spiro atoms. The minimum absolute atomic E-state index is 0.138. The molecule has 1 aromatic carbocycles. The van der Waals surface area contributed by atoms with E-state index >= 15 is 0 Å². The Labute approximate surface area is 170 Å². The van der Waals surface area contributed by atoms with Crippen LogP contribution in [0.4, 0.5) is 5.69 Å². The maximum Gasteiger partial charge on any atom is 0.273 e. The standard InChI is InChI=1S/C19H21BrN6O2/c1-12(2)17-16(20)18(25-24-17)19(28)21-10-13-5-3-6-14(9-13)23-15(27)11-26-8-4-7-22-26/h3-9,12H,10-11H2,1-2H3,(H,21,28)(H,23,27)(H,24,25). The van der Waals surface area contributed by atoms with Crippen LogP contribution in [0.3, 0.4) is 0 Å². The second-order valence-electron chi connectivity index (χ2n) is 6.59. The first kappa shape index (κ1) is 19.8. The summed E-state index contributed by atoms with van der Waals surface area (Å²) in [7, 11) is 0. The van der Waals surface area contributed by atoms with Crippen LogP contribution in [0, 0.1) is 0 Å². The Morgan fingerprint density at radius 2 is 2.11 bits per heavy atom. The van der Waals surface area contributed by atoms with Crippen LogP contribution in [0.2, 0.25) is 0 Å². The van der Waals surface area contributed by atoms with Crippen LogP contribution in [-0.4, -0.2) is 31.8 Å². The van der Waals surface area contributed by atoms with Crippen LogP contribution < -0.4 is 10.6 Å². The van der Waals surface area contributed by atoms with E-state index in [1.807, 2.05) is 32.0 Å². The monoisotopic (exact) mass is 444 g/mol. The molecule has 146 valence electrons. The number of aromatic amines is 1. The van der Waals surface area contributed by atoms with E-state index in [2.05, 4.69) is 41.9 Å². The van der Waals surface area contributed by atoms with Crippen molar-refractivity contribution >= 4 is 33.4 Å². The van der Waals surface area contributed by atoms with Gasteiger partial charge in [-0.2, -0.15) is 10.2 Å². The van der Waals surface area contributed by atoms with E-state index < -0.39 is 0 Å². The highest BCUT2D eigenvalue weighted by atomic mass is 79.9. The molecule has 0 saturated heterocycles. The Balaban J connectivity index is 1.58. The third-order valence-electron chi connectivity index (χ3n) is 4.05. The number of nitrogens with zero attached hydrogens (tertiary/aromatic N) is 3. The zero-order chi connectivity index (χ0) is 20.1. The van der Waals surface area contributed by atoms with Gasteiger partial charge in [-0.1, -0.05) is 26.0 Å². The first-order valence-corrected chi connectivity index (χ1v) is 9.61. The van der Waals surface area contributed by atoms with Crippen molar-refractivity contribution in [2.75, 3.05) is 5.32 Å². The molecule has 2 amide bonds. The third kappa shape index (κ3) is 4.86. The summed E-state index contributed by atoms with van der Waals surface area (Å²) in [5.41, 5.74) is 2.73. The zero-order valence-electron chi connectivity index (χ0n) is 15.6. The van der Waals surface area contributed by atoms with E-state index in [4.69, 9.17) is 0 Å². The zero-order valence-corrected chi connectivity index (χ0v) is 17.2. The van der Waals surface area contributed by atoms with Gasteiger partial charge in [0.15, 0.2) is 5.69 Å². The molecule has 0 saturated carbocycles. The topological polar surface area (TPSA) is 105 Å². The first-order chi connectivity index (χ1) is 13.4. The van der Waals surface area contributed by atoms with Crippen molar-refractivity contribution in [1.82, 2.24) is 25.3 Å². The molecule has 9 heteroatoms. The first-order valence-electron chi connectivity index (χ1n) is 8.82. The smallest absolute Gasteiger partial charge is 0.273 e. The molecular weight excluding hydrogens is 424 g/mol. The number of benzene rings is 1. The number of carbonyl (C=O) groups excluding carboxylic acids is 2. The number of hydrogen-bond acceptors (Lipinski definition) is 4. The molecule has 0 aliphatic rings. The number of amides is 2. The van der Waals surface area contributed by atoms with Crippen LogP contribution in [-0.2, 0) is 17.9 Å². The normalized spacial score (nSPS) is 10.9. The highest BCUT2D eigenvalue weighted by Gasteiger charge is 2.19. The molecule has 0 aliphatic heterocycles. The van der Waals surface area contributed by atoms with Gasteiger partial charge in [-0.3, -0.25) is 19.4 Å². The summed E-state index contributed by atoms with van der Waals surface area (Å²) < 4.78 is 2.23. The predicted octanol–water partition coefficient (Wildman–Crippen LogP) is 3.06. The maximum absolute atomic E-state index is 12.4. The molecular formula is C19H21BrN6O2. The Hall–Kier alpha value is -2.94. The summed E-state index contributed by atoms with van der Waals surface area (Å²) in [4.78, 5) is 24.5. The van der Waals surface area contributed by atoms with Gasteiger partial charge in [0, 0.05) is 24.6 Å². The van der Waals surface area contributed by atoms with Crippen molar-refractivity contribution < 1.29 is 9.59 Å². The number of hydrogen-bond donors (Lipinski definition) is 3. The summed E-state index contributed by atoms with van der Waals surface area (Å²) in [6.07, 6.45) is 3.35. The lowest BCUT2D eigenvalue weighted by Crippen LogP contribution is -2.24. The van der Waals surface area contributed by atoms with Gasteiger partial charge in [0.1, 0.15) is 6.54 Å². The van der Waals surface area contributed by atoms with Crippen LogP contribution in [0.15, 0.2) is 47.2 Å². The van der Waals surface area contributed by atoms with Crippen molar-refractivity contribution in [3.05, 3.63) is 64.1 Å². The molecule has 0 fully saturated rings. The molecule has 28 heavy (non-hydrogen) atoms. The van der Waals surface area contributed by atoms with Gasteiger partial charge in [0.05, 0.1) is 10.2 Å². The average molecular weight is 445 g/mol. The maximum atomic E-state index is 12.4. The molecule has 2 heterocycles. The Morgan fingerprint density at radius 1 is 1.29 bits per heavy atom. The summed E-state index contributed by atoms with van der Waals surface area (Å²) in [6.45, 7) is 4.50. The summed E-state index contributed by atoms with van der Waals surface area (Å²) in [6, 6.07) is 9.08. The van der Waals surface area contributed by atoms with Crippen LogP contribution >= 0.6 is 15.9 Å². The van der Waals surface area contributed by atoms with Crippen LogP contribution in [0.5, 0.6) is 0 Å². The van der Waals surface area contributed by atoms with Crippen molar-refractivity contribution in [2.24, 2.45) is 0 Å². The number of anilines is 1. The number of carbonyl (C=O) groups is 2. The largest absolute Gasteiger partial charge is 0.347 e. The van der Waals surface area contributed by atoms with Gasteiger partial charge in [-0.05, 0) is 45.6 Å². The molecule has 3 rings (SSSR count). The van der Waals surface area contributed by atoms with Gasteiger partial charge in [0.25, 0.3) is 5.91 Å². The van der Waals surface area contributed by atoms with Crippen molar-refractivity contribution in [1.29, 1.82) is 0 Å². The third-order valence-corrected chi connectivity index (χ3v) is 4.86. The van der Waals surface area contributed by atoms with Gasteiger partial charge in [0.2, 0.25) is 5.91 Å². The van der Waals surface area contributed by atoms with E-state index in [0.29, 0.717) is 22.4 Å². The summed E-state index contributed by atoms with van der Waals surface area (Å²) in [5, 5.41) is 16.7. The fourth-order valence-corrected chi connectivity index (χ4v) is 3.46. The Kier molecular flexibility index (Phi) is 6.25. The fraction of sp³-hybridized carbons (Fsp3) is 0.263. The molecule has 0 atom stereocenters. The number of nitrogens with one attached hydrogen (secondary N) is 3. The van der Waals surface area contributed by atoms with Gasteiger partial charge >= 0.3 is 0 Å². The molecule has 2 aromatic heterocycles. The van der Waals surface area contributed by atoms with Crippen molar-refractivity contribution in [3.8, 4) is 0 Å². The molecule has 0 aliphatic carbocycles. The predicted molar refractivity (Wildman–Crippen MR) is 109 cm³/mol. The van der Waals surface area contributed by atoms with Crippen LogP contribution in [0.1, 0.15) is 41.5 Å². The van der Waals surface area contributed by atoms with E-state index in [0.717, 1.165) is 11.3 Å². The lowest BCUT2D eigenvalue weighted by Gasteiger charge is -2.09. The summed E-state index contributed by atoms with van der Waals surface area (Å²) in [5.74, 6) is -0.222. The number of aromatic nitrogens is 4. The second-order valence-corrected chi connectivity index (χ2v) is 7.38.